The molecule has 0 radical (unpaired) electrons. The van der Waals surface area contributed by atoms with Crippen LogP contribution in [-0.4, -0.2) is 88.3 Å². The molecule has 44 heavy (non-hydrogen) atoms. The predicted molar refractivity (Wildman–Crippen MR) is 170 cm³/mol. The number of likely N-dealkylation sites (N-methyl/N-ethyl adjacent to an activating group) is 1. The molecule has 0 saturated heterocycles. The fraction of sp³-hybridized carbons (Fsp3) is 0.471. The number of carbonyl (C=O) groups is 2. The number of carbonyl (C=O) groups excluding carboxylic acids is 2. The van der Waals surface area contributed by atoms with Crippen molar-refractivity contribution in [1.82, 2.24) is 19.8 Å². The molecule has 1 aliphatic rings. The molecule has 1 aliphatic heterocycles. The Morgan fingerprint density at radius 3 is 2.50 bits per heavy atom. The van der Waals surface area contributed by atoms with Gasteiger partial charge in [0.15, 0.2) is 0 Å². The minimum atomic E-state index is -0.451. The van der Waals surface area contributed by atoms with Crippen LogP contribution in [0.5, 0.6) is 5.75 Å². The Morgan fingerprint density at radius 1 is 1.09 bits per heavy atom. The first-order chi connectivity index (χ1) is 21.2. The smallest absolute Gasteiger partial charge is 0.258 e. The normalized spacial score (nSPS) is 20.7. The van der Waals surface area contributed by atoms with Crippen LogP contribution in [0.25, 0.3) is 0 Å². The number of rotatable bonds is 8. The summed E-state index contributed by atoms with van der Waals surface area (Å²) in [4.78, 5) is 39.2. The molecule has 1 aromatic carbocycles. The van der Waals surface area contributed by atoms with Crippen molar-refractivity contribution in [1.29, 1.82) is 0 Å². The highest BCUT2D eigenvalue weighted by molar-refractivity contribution is 6.05. The second-order valence-corrected chi connectivity index (χ2v) is 11.8. The first-order valence-electron chi connectivity index (χ1n) is 15.4. The van der Waals surface area contributed by atoms with Crippen LogP contribution in [0.4, 0.5) is 5.69 Å². The lowest BCUT2D eigenvalue weighted by Crippen LogP contribution is -2.47. The van der Waals surface area contributed by atoms with Gasteiger partial charge in [0, 0.05) is 68.2 Å². The van der Waals surface area contributed by atoms with Gasteiger partial charge in [0.05, 0.1) is 30.4 Å². The summed E-state index contributed by atoms with van der Waals surface area (Å²) in [5.41, 5.74) is 2.43. The van der Waals surface area contributed by atoms with Crippen LogP contribution in [0.3, 0.4) is 0 Å². The Labute approximate surface area is 260 Å². The third-order valence-electron chi connectivity index (χ3n) is 7.95. The molecule has 0 spiro atoms. The quantitative estimate of drug-likeness (QED) is 0.382. The molecule has 236 valence electrons. The van der Waals surface area contributed by atoms with Crippen molar-refractivity contribution in [2.45, 2.75) is 64.8 Å². The molecule has 2 N–H and O–H groups in total. The van der Waals surface area contributed by atoms with Gasteiger partial charge in [-0.05, 0) is 88.2 Å². The van der Waals surface area contributed by atoms with Gasteiger partial charge in [-0.3, -0.25) is 24.5 Å². The van der Waals surface area contributed by atoms with Gasteiger partial charge in [-0.25, -0.2) is 0 Å². The van der Waals surface area contributed by atoms with E-state index in [9.17, 15) is 14.7 Å². The molecule has 0 saturated carbocycles. The van der Waals surface area contributed by atoms with Crippen LogP contribution in [0.1, 0.15) is 66.3 Å². The fourth-order valence-corrected chi connectivity index (χ4v) is 5.34. The standard InChI is InChI=1S/C34H45N5O5/c1-24-20-39(25(2)23-40)34(42)30-19-29(37-33(41)28-12-16-36-17-13-28)8-9-31(30)44-26(3)7-5-6-18-43-32(24)22-38(4)21-27-10-14-35-15-11-27/h8-17,19,24-26,32,40H,5-7,18,20-23H2,1-4H3,(H,37,41)/t24-,25-,26-,32-/m1/s1. The maximum absolute atomic E-state index is 14.3. The summed E-state index contributed by atoms with van der Waals surface area (Å²) in [6.45, 7) is 8.14. The third-order valence-corrected chi connectivity index (χ3v) is 7.95. The van der Waals surface area contributed by atoms with Crippen molar-refractivity contribution < 1.29 is 24.2 Å². The van der Waals surface area contributed by atoms with Gasteiger partial charge in [-0.15, -0.1) is 0 Å². The zero-order chi connectivity index (χ0) is 31.5. The average molecular weight is 604 g/mol. The summed E-state index contributed by atoms with van der Waals surface area (Å²) < 4.78 is 12.8. The van der Waals surface area contributed by atoms with E-state index >= 15 is 0 Å². The number of hydrogen-bond acceptors (Lipinski definition) is 8. The number of pyridine rings is 2. The second-order valence-electron chi connectivity index (χ2n) is 11.8. The molecule has 3 heterocycles. The summed E-state index contributed by atoms with van der Waals surface area (Å²) in [6, 6.07) is 12.0. The van der Waals surface area contributed by atoms with E-state index in [0.717, 1.165) is 25.8 Å². The summed E-state index contributed by atoms with van der Waals surface area (Å²) in [5, 5.41) is 13.1. The van der Waals surface area contributed by atoms with Crippen LogP contribution in [0, 0.1) is 5.92 Å². The van der Waals surface area contributed by atoms with E-state index in [-0.39, 0.29) is 36.5 Å². The van der Waals surface area contributed by atoms with Crippen LogP contribution in [0.2, 0.25) is 0 Å². The summed E-state index contributed by atoms with van der Waals surface area (Å²) in [7, 11) is 2.07. The monoisotopic (exact) mass is 603 g/mol. The van der Waals surface area contributed by atoms with E-state index in [1.807, 2.05) is 26.0 Å². The van der Waals surface area contributed by atoms with Crippen LogP contribution >= 0.6 is 0 Å². The molecule has 0 aliphatic carbocycles. The minimum Gasteiger partial charge on any atom is -0.490 e. The number of aromatic nitrogens is 2. The summed E-state index contributed by atoms with van der Waals surface area (Å²) >= 11 is 0. The van der Waals surface area contributed by atoms with E-state index in [1.165, 1.54) is 5.56 Å². The first-order valence-corrected chi connectivity index (χ1v) is 15.4. The number of hydrogen-bond donors (Lipinski definition) is 2. The van der Waals surface area contributed by atoms with Gasteiger partial charge in [0.1, 0.15) is 5.75 Å². The van der Waals surface area contributed by atoms with E-state index in [2.05, 4.69) is 34.2 Å². The molecular formula is C34H45N5O5. The van der Waals surface area contributed by atoms with Crippen LogP contribution in [-0.2, 0) is 11.3 Å². The Morgan fingerprint density at radius 2 is 1.80 bits per heavy atom. The van der Waals surface area contributed by atoms with Gasteiger partial charge in [0.25, 0.3) is 11.8 Å². The van der Waals surface area contributed by atoms with Gasteiger partial charge in [0.2, 0.25) is 0 Å². The number of anilines is 1. The second kappa shape index (κ2) is 16.3. The summed E-state index contributed by atoms with van der Waals surface area (Å²) in [6.07, 6.45) is 9.05. The Kier molecular flexibility index (Phi) is 12.2. The van der Waals surface area contributed by atoms with Gasteiger partial charge in [-0.2, -0.15) is 0 Å². The molecule has 10 nitrogen and oxygen atoms in total. The van der Waals surface area contributed by atoms with Crippen molar-refractivity contribution >= 4 is 17.5 Å². The van der Waals surface area contributed by atoms with Crippen molar-refractivity contribution in [2.24, 2.45) is 5.92 Å². The molecule has 10 heteroatoms. The molecule has 4 atom stereocenters. The van der Waals surface area contributed by atoms with E-state index in [0.29, 0.717) is 42.3 Å². The molecule has 0 unspecified atom stereocenters. The lowest BCUT2D eigenvalue weighted by Gasteiger charge is -2.36. The topological polar surface area (TPSA) is 117 Å². The predicted octanol–water partition coefficient (Wildman–Crippen LogP) is 4.66. The van der Waals surface area contributed by atoms with Crippen molar-refractivity contribution in [3.8, 4) is 5.75 Å². The highest BCUT2D eigenvalue weighted by Crippen LogP contribution is 2.29. The van der Waals surface area contributed by atoms with E-state index in [4.69, 9.17) is 9.47 Å². The van der Waals surface area contributed by atoms with Crippen molar-refractivity contribution in [2.75, 3.05) is 38.7 Å². The largest absolute Gasteiger partial charge is 0.490 e. The maximum atomic E-state index is 14.3. The van der Waals surface area contributed by atoms with Gasteiger partial charge < -0.3 is 24.8 Å². The Balaban J connectivity index is 1.61. The Hall–Kier alpha value is -3.86. The maximum Gasteiger partial charge on any atom is 0.258 e. The van der Waals surface area contributed by atoms with Crippen LogP contribution in [0.15, 0.2) is 67.3 Å². The van der Waals surface area contributed by atoms with E-state index < -0.39 is 6.04 Å². The molecule has 0 bridgehead atoms. The molecule has 2 amide bonds. The number of aliphatic hydroxyl groups excluding tert-OH is 1. The minimum absolute atomic E-state index is 0.0337. The lowest BCUT2D eigenvalue weighted by molar-refractivity contribution is -0.0177. The first kappa shape index (κ1) is 33.0. The number of fused-ring (bicyclic) bond motifs is 1. The highest BCUT2D eigenvalue weighted by Gasteiger charge is 2.30. The number of benzene rings is 1. The fourth-order valence-electron chi connectivity index (χ4n) is 5.34. The zero-order valence-corrected chi connectivity index (χ0v) is 26.2. The van der Waals surface area contributed by atoms with Gasteiger partial charge >= 0.3 is 0 Å². The Bertz CT molecular complexity index is 1340. The molecule has 0 fully saturated rings. The number of aliphatic hydroxyl groups is 1. The lowest BCUT2D eigenvalue weighted by atomic mass is 10.0. The molecule has 2 aromatic heterocycles. The number of amides is 2. The number of ether oxygens (including phenoxy) is 2. The number of nitrogens with zero attached hydrogens (tertiary/aromatic N) is 4. The molecular weight excluding hydrogens is 558 g/mol. The molecule has 3 aromatic rings. The molecule has 4 rings (SSSR count). The third kappa shape index (κ3) is 9.32. The SMILES string of the molecule is C[C@@H]1CCCCO[C@H](CN(C)Cc2ccncc2)[C@H](C)CN([C@H](C)CO)C(=O)c2cc(NC(=O)c3ccncc3)ccc2O1. The van der Waals surface area contributed by atoms with E-state index in [1.54, 1.807) is 60.0 Å². The average Bonchev–Trinajstić information content (AvgIpc) is 3.03. The van der Waals surface area contributed by atoms with Gasteiger partial charge in [-0.1, -0.05) is 6.92 Å². The highest BCUT2D eigenvalue weighted by atomic mass is 16.5. The van der Waals surface area contributed by atoms with Crippen molar-refractivity contribution in [3.05, 3.63) is 83.9 Å². The zero-order valence-electron chi connectivity index (χ0n) is 26.2. The summed E-state index contributed by atoms with van der Waals surface area (Å²) in [5.74, 6) is -0.163. The van der Waals surface area contributed by atoms with Crippen LogP contribution < -0.4 is 10.1 Å². The van der Waals surface area contributed by atoms with Crippen molar-refractivity contribution in [3.63, 3.8) is 0 Å². The number of nitrogens with one attached hydrogen (secondary N) is 1.